The minimum Gasteiger partial charge on any atom is -0.365 e. The smallest absolute Gasteiger partial charge is 0.247 e. The van der Waals surface area contributed by atoms with Crippen LogP contribution in [-0.4, -0.2) is 15.0 Å². The van der Waals surface area contributed by atoms with Gasteiger partial charge in [0.15, 0.2) is 0 Å². The number of halogens is 1. The molecular weight excluding hydrogens is 356 g/mol. The maximum absolute atomic E-state index is 11.2. The fraction of sp³-hybridized carbons (Fsp3) is 0.0556. The molecule has 0 unspecified atom stereocenters. The van der Waals surface area contributed by atoms with Crippen LogP contribution in [0.5, 0.6) is 0 Å². The summed E-state index contributed by atoms with van der Waals surface area (Å²) in [6, 6.07) is 13.4. The molecule has 3 heterocycles. The maximum Gasteiger partial charge on any atom is 0.247 e. The Labute approximate surface area is 152 Å². The standard InChI is InChI=1S/C18H13ClN4OS/c19-18-22-16(21-9-11-6-7-14(24)20-8-11)15-13(10-25-17(15)23-18)12-4-2-1-3-5-12/h1-8,10H,9H2,(H,20,24)(H,21,22,23). The molecule has 0 fully saturated rings. The maximum atomic E-state index is 11.2. The first-order valence-corrected chi connectivity index (χ1v) is 8.88. The van der Waals surface area contributed by atoms with Crippen molar-refractivity contribution in [3.8, 4) is 11.1 Å². The zero-order chi connectivity index (χ0) is 17.2. The molecule has 0 radical (unpaired) electrons. The Bertz CT molecular complexity index is 1070. The highest BCUT2D eigenvalue weighted by Gasteiger charge is 2.14. The van der Waals surface area contributed by atoms with Crippen molar-refractivity contribution in [3.63, 3.8) is 0 Å². The van der Waals surface area contributed by atoms with Crippen molar-refractivity contribution in [2.45, 2.75) is 6.54 Å². The summed E-state index contributed by atoms with van der Waals surface area (Å²) in [5.41, 5.74) is 2.99. The molecular formula is C18H13ClN4OS. The molecule has 0 bridgehead atoms. The van der Waals surface area contributed by atoms with Crippen molar-refractivity contribution in [2.24, 2.45) is 0 Å². The van der Waals surface area contributed by atoms with Crippen LogP contribution >= 0.6 is 22.9 Å². The van der Waals surface area contributed by atoms with E-state index in [2.05, 4.69) is 37.8 Å². The Balaban J connectivity index is 1.75. The fourth-order valence-corrected chi connectivity index (χ4v) is 3.78. The molecule has 124 valence electrons. The molecule has 0 saturated heterocycles. The molecule has 0 aliphatic heterocycles. The number of aromatic amines is 1. The Kier molecular flexibility index (Phi) is 4.21. The monoisotopic (exact) mass is 368 g/mol. The summed E-state index contributed by atoms with van der Waals surface area (Å²) in [4.78, 5) is 23.4. The number of thiophene rings is 1. The third-order valence-electron chi connectivity index (χ3n) is 3.80. The predicted molar refractivity (Wildman–Crippen MR) is 102 cm³/mol. The summed E-state index contributed by atoms with van der Waals surface area (Å²) >= 11 is 7.62. The van der Waals surface area contributed by atoms with Gasteiger partial charge in [-0.15, -0.1) is 11.3 Å². The van der Waals surface area contributed by atoms with Crippen LogP contribution in [0.4, 0.5) is 5.82 Å². The van der Waals surface area contributed by atoms with E-state index in [1.807, 2.05) is 18.2 Å². The topological polar surface area (TPSA) is 70.7 Å². The average Bonchev–Trinajstić information content (AvgIpc) is 3.05. The molecule has 0 amide bonds. The van der Waals surface area contributed by atoms with E-state index in [-0.39, 0.29) is 10.8 Å². The lowest BCUT2D eigenvalue weighted by atomic mass is 10.1. The quantitative estimate of drug-likeness (QED) is 0.526. The van der Waals surface area contributed by atoms with E-state index in [1.165, 1.54) is 17.4 Å². The van der Waals surface area contributed by atoms with Crippen LogP contribution in [-0.2, 0) is 6.54 Å². The van der Waals surface area contributed by atoms with Crippen LogP contribution in [0.2, 0.25) is 5.28 Å². The minimum absolute atomic E-state index is 0.125. The van der Waals surface area contributed by atoms with Crippen molar-refractivity contribution >= 4 is 39.0 Å². The second-order valence-electron chi connectivity index (χ2n) is 5.45. The van der Waals surface area contributed by atoms with Gasteiger partial charge in [-0.25, -0.2) is 9.97 Å². The number of pyridine rings is 1. The van der Waals surface area contributed by atoms with E-state index in [9.17, 15) is 4.79 Å². The highest BCUT2D eigenvalue weighted by Crippen LogP contribution is 2.37. The Hall–Kier alpha value is -2.70. The van der Waals surface area contributed by atoms with Gasteiger partial charge >= 0.3 is 0 Å². The lowest BCUT2D eigenvalue weighted by Crippen LogP contribution is -2.07. The van der Waals surface area contributed by atoms with Crippen LogP contribution < -0.4 is 10.9 Å². The number of hydrogen-bond acceptors (Lipinski definition) is 5. The van der Waals surface area contributed by atoms with E-state index >= 15 is 0 Å². The number of anilines is 1. The van der Waals surface area contributed by atoms with E-state index < -0.39 is 0 Å². The molecule has 4 aromatic rings. The molecule has 0 spiro atoms. The van der Waals surface area contributed by atoms with Gasteiger partial charge < -0.3 is 10.3 Å². The van der Waals surface area contributed by atoms with Crippen LogP contribution in [0.15, 0.2) is 58.8 Å². The van der Waals surface area contributed by atoms with Crippen molar-refractivity contribution in [1.82, 2.24) is 15.0 Å². The van der Waals surface area contributed by atoms with Crippen molar-refractivity contribution in [2.75, 3.05) is 5.32 Å². The summed E-state index contributed by atoms with van der Waals surface area (Å²) in [7, 11) is 0. The second-order valence-corrected chi connectivity index (χ2v) is 6.65. The third kappa shape index (κ3) is 3.26. The van der Waals surface area contributed by atoms with Crippen molar-refractivity contribution in [1.29, 1.82) is 0 Å². The first kappa shape index (κ1) is 15.8. The molecule has 2 N–H and O–H groups in total. The highest BCUT2D eigenvalue weighted by molar-refractivity contribution is 7.17. The van der Waals surface area contributed by atoms with Gasteiger partial charge in [-0.05, 0) is 22.7 Å². The summed E-state index contributed by atoms with van der Waals surface area (Å²) < 4.78 is 0. The van der Waals surface area contributed by atoms with Gasteiger partial charge in [0, 0.05) is 29.8 Å². The first-order valence-electron chi connectivity index (χ1n) is 7.62. The van der Waals surface area contributed by atoms with E-state index in [1.54, 1.807) is 12.3 Å². The molecule has 3 aromatic heterocycles. The number of rotatable bonds is 4. The van der Waals surface area contributed by atoms with Crippen LogP contribution in [0.3, 0.4) is 0 Å². The van der Waals surface area contributed by atoms with Crippen molar-refractivity contribution in [3.05, 3.63) is 75.2 Å². The molecule has 25 heavy (non-hydrogen) atoms. The zero-order valence-electron chi connectivity index (χ0n) is 13.0. The Morgan fingerprint density at radius 1 is 1.12 bits per heavy atom. The lowest BCUT2D eigenvalue weighted by molar-refractivity contribution is 1.07. The highest BCUT2D eigenvalue weighted by atomic mass is 35.5. The molecule has 5 nitrogen and oxygen atoms in total. The van der Waals surface area contributed by atoms with Crippen LogP contribution in [0.1, 0.15) is 5.56 Å². The predicted octanol–water partition coefficient (Wildman–Crippen LogP) is 4.31. The number of fused-ring (bicyclic) bond motifs is 1. The minimum atomic E-state index is -0.125. The largest absolute Gasteiger partial charge is 0.365 e. The van der Waals surface area contributed by atoms with Gasteiger partial charge in [0.2, 0.25) is 10.8 Å². The van der Waals surface area contributed by atoms with Gasteiger partial charge in [0.25, 0.3) is 0 Å². The van der Waals surface area contributed by atoms with Gasteiger partial charge in [-0.3, -0.25) is 4.79 Å². The SMILES string of the molecule is O=c1ccc(CNc2nc(Cl)nc3scc(-c4ccccc4)c23)c[nH]1. The van der Waals surface area contributed by atoms with Crippen molar-refractivity contribution < 1.29 is 0 Å². The molecule has 0 atom stereocenters. The molecule has 1 aromatic carbocycles. The number of benzene rings is 1. The second kappa shape index (κ2) is 6.66. The lowest BCUT2D eigenvalue weighted by Gasteiger charge is -2.09. The average molecular weight is 369 g/mol. The Morgan fingerprint density at radius 3 is 2.72 bits per heavy atom. The van der Waals surface area contributed by atoms with E-state index in [0.717, 1.165) is 26.9 Å². The summed E-state index contributed by atoms with van der Waals surface area (Å²) in [6.45, 7) is 0.517. The van der Waals surface area contributed by atoms with Gasteiger partial charge in [0.1, 0.15) is 10.6 Å². The molecule has 0 aliphatic rings. The van der Waals surface area contributed by atoms with Gasteiger partial charge in [-0.2, -0.15) is 0 Å². The summed E-state index contributed by atoms with van der Waals surface area (Å²) in [5, 5.41) is 6.53. The number of nitrogens with one attached hydrogen (secondary N) is 2. The summed E-state index contributed by atoms with van der Waals surface area (Å²) in [6.07, 6.45) is 1.68. The van der Waals surface area contributed by atoms with E-state index in [0.29, 0.717) is 12.4 Å². The summed E-state index contributed by atoms with van der Waals surface area (Å²) in [5.74, 6) is 0.682. The normalized spacial score (nSPS) is 10.9. The first-order chi connectivity index (χ1) is 12.2. The Morgan fingerprint density at radius 2 is 1.96 bits per heavy atom. The fourth-order valence-electron chi connectivity index (χ4n) is 2.61. The number of H-pyrrole nitrogens is 1. The van der Waals surface area contributed by atoms with E-state index in [4.69, 9.17) is 11.6 Å². The van der Waals surface area contributed by atoms with Crippen LogP contribution in [0, 0.1) is 0 Å². The van der Waals surface area contributed by atoms with Crippen LogP contribution in [0.25, 0.3) is 21.3 Å². The number of nitrogens with zero attached hydrogens (tertiary/aromatic N) is 2. The number of aromatic nitrogens is 3. The molecule has 4 rings (SSSR count). The zero-order valence-corrected chi connectivity index (χ0v) is 14.6. The van der Waals surface area contributed by atoms with Gasteiger partial charge in [-0.1, -0.05) is 36.4 Å². The third-order valence-corrected chi connectivity index (χ3v) is 4.84. The molecule has 7 heteroatoms. The van der Waals surface area contributed by atoms with Gasteiger partial charge in [0.05, 0.1) is 5.39 Å². The molecule has 0 saturated carbocycles. The molecule has 0 aliphatic carbocycles. The number of hydrogen-bond donors (Lipinski definition) is 2.